The molecule has 2 fully saturated rings. The highest BCUT2D eigenvalue weighted by atomic mass is 16.5. The van der Waals surface area contributed by atoms with Gasteiger partial charge in [0.1, 0.15) is 17.7 Å². The van der Waals surface area contributed by atoms with Crippen molar-refractivity contribution >= 4 is 17.8 Å². The molecule has 1 aromatic carbocycles. The van der Waals surface area contributed by atoms with E-state index in [0.29, 0.717) is 18.8 Å². The number of rotatable bonds is 6. The first-order chi connectivity index (χ1) is 14.8. The molecule has 3 heterocycles. The van der Waals surface area contributed by atoms with E-state index in [1.807, 2.05) is 24.1 Å². The molecule has 0 spiro atoms. The fourth-order valence-corrected chi connectivity index (χ4v) is 4.34. The van der Waals surface area contributed by atoms with Crippen LogP contribution < -0.4 is 10.5 Å². The van der Waals surface area contributed by atoms with Crippen molar-refractivity contribution in [3.63, 3.8) is 0 Å². The number of likely N-dealkylation sites (N-methyl/N-ethyl adjacent to an activating group) is 1. The summed E-state index contributed by atoms with van der Waals surface area (Å²) in [6.45, 7) is 2.87. The highest BCUT2D eigenvalue weighted by Gasteiger charge is 2.54. The van der Waals surface area contributed by atoms with E-state index in [0.717, 1.165) is 18.7 Å². The SMILES string of the molecule is CN1CCN(C(=O)C2C(C(=O)Oc3ccc(CC(N)C(=O)O)cc3)[C@H]3C=C[C@@H]2O3)CC1. The lowest BCUT2D eigenvalue weighted by atomic mass is 9.82. The number of hydrogen-bond acceptors (Lipinski definition) is 7. The summed E-state index contributed by atoms with van der Waals surface area (Å²) in [5.74, 6) is -2.59. The van der Waals surface area contributed by atoms with Gasteiger partial charge in [-0.3, -0.25) is 14.4 Å². The standard InChI is InChI=1S/C22H27N3O6/c1-24-8-10-25(11-9-24)20(26)18-16-6-7-17(31-16)19(18)22(29)30-14-4-2-13(3-5-14)12-15(23)21(27)28/h2-7,15-19H,8-12,23H2,1H3,(H,27,28)/t15?,16-,17+,18?,19?/m0/s1. The van der Waals surface area contributed by atoms with Crippen molar-refractivity contribution in [2.75, 3.05) is 33.2 Å². The molecule has 2 bridgehead atoms. The molecule has 0 aromatic heterocycles. The van der Waals surface area contributed by atoms with Gasteiger partial charge in [0.15, 0.2) is 0 Å². The van der Waals surface area contributed by atoms with E-state index in [1.165, 1.54) is 0 Å². The molecule has 2 saturated heterocycles. The third-order valence-corrected chi connectivity index (χ3v) is 6.19. The van der Waals surface area contributed by atoms with Crippen LogP contribution in [-0.4, -0.2) is 84.2 Å². The molecule has 3 aliphatic heterocycles. The molecule has 0 radical (unpaired) electrons. The minimum Gasteiger partial charge on any atom is -0.480 e. The smallest absolute Gasteiger partial charge is 0.320 e. The van der Waals surface area contributed by atoms with Crippen molar-refractivity contribution in [3.05, 3.63) is 42.0 Å². The number of carboxylic acids is 1. The summed E-state index contributed by atoms with van der Waals surface area (Å²) >= 11 is 0. The Labute approximate surface area is 180 Å². The number of carboxylic acid groups (broad SMARTS) is 1. The summed E-state index contributed by atoms with van der Waals surface area (Å²) in [4.78, 5) is 41.1. The first-order valence-electron chi connectivity index (χ1n) is 10.4. The van der Waals surface area contributed by atoms with Crippen LogP contribution >= 0.6 is 0 Å². The zero-order valence-corrected chi connectivity index (χ0v) is 17.3. The van der Waals surface area contributed by atoms with Gasteiger partial charge in [-0.15, -0.1) is 0 Å². The highest BCUT2D eigenvalue weighted by Crippen LogP contribution is 2.41. The Balaban J connectivity index is 1.42. The average Bonchev–Trinajstić information content (AvgIpc) is 3.37. The number of fused-ring (bicyclic) bond motifs is 2. The quantitative estimate of drug-likeness (QED) is 0.365. The number of carbonyl (C=O) groups excluding carboxylic acids is 2. The summed E-state index contributed by atoms with van der Waals surface area (Å²) in [5.41, 5.74) is 6.28. The van der Waals surface area contributed by atoms with E-state index < -0.39 is 42.0 Å². The second kappa shape index (κ2) is 8.78. The van der Waals surface area contributed by atoms with Gasteiger partial charge in [-0.1, -0.05) is 24.3 Å². The number of benzene rings is 1. The Morgan fingerprint density at radius 1 is 1.10 bits per heavy atom. The molecule has 0 saturated carbocycles. The van der Waals surface area contributed by atoms with Crippen molar-refractivity contribution < 1.29 is 29.0 Å². The van der Waals surface area contributed by atoms with Gasteiger partial charge in [-0.05, 0) is 31.2 Å². The van der Waals surface area contributed by atoms with Crippen molar-refractivity contribution in [3.8, 4) is 5.75 Å². The van der Waals surface area contributed by atoms with Crippen LogP contribution in [0.3, 0.4) is 0 Å². The summed E-state index contributed by atoms with van der Waals surface area (Å²) in [6.07, 6.45) is 2.98. The zero-order chi connectivity index (χ0) is 22.1. The molecule has 1 aromatic rings. The normalized spacial score (nSPS) is 28.5. The predicted octanol–water partition coefficient (Wildman–Crippen LogP) is -0.110. The van der Waals surface area contributed by atoms with Gasteiger partial charge in [0.2, 0.25) is 5.91 Å². The Kier molecular flexibility index (Phi) is 6.08. The maximum absolute atomic E-state index is 13.2. The number of esters is 1. The number of aliphatic carboxylic acids is 1. The van der Waals surface area contributed by atoms with Crippen LogP contribution in [-0.2, 0) is 25.5 Å². The number of nitrogens with zero attached hydrogens (tertiary/aromatic N) is 2. The van der Waals surface area contributed by atoms with Crippen LogP contribution in [0.5, 0.6) is 5.75 Å². The van der Waals surface area contributed by atoms with Gasteiger partial charge in [-0.25, -0.2) is 0 Å². The first-order valence-corrected chi connectivity index (χ1v) is 10.4. The molecular formula is C22H27N3O6. The lowest BCUT2D eigenvalue weighted by Crippen LogP contribution is -2.52. The van der Waals surface area contributed by atoms with Crippen LogP contribution in [0.4, 0.5) is 0 Å². The van der Waals surface area contributed by atoms with E-state index in [1.54, 1.807) is 24.3 Å². The third-order valence-electron chi connectivity index (χ3n) is 6.19. The van der Waals surface area contributed by atoms with E-state index in [-0.39, 0.29) is 12.3 Å². The molecule has 0 aliphatic carbocycles. The molecule has 31 heavy (non-hydrogen) atoms. The summed E-state index contributed by atoms with van der Waals surface area (Å²) < 4.78 is 11.4. The minimum atomic E-state index is -1.07. The fraction of sp³-hybridized carbons (Fsp3) is 0.500. The molecule has 3 aliphatic rings. The molecule has 9 nitrogen and oxygen atoms in total. The third kappa shape index (κ3) is 4.48. The van der Waals surface area contributed by atoms with Gasteiger partial charge in [0, 0.05) is 26.2 Å². The average molecular weight is 429 g/mol. The van der Waals surface area contributed by atoms with Gasteiger partial charge in [-0.2, -0.15) is 0 Å². The Morgan fingerprint density at radius 3 is 2.32 bits per heavy atom. The maximum Gasteiger partial charge on any atom is 0.320 e. The first kappa shape index (κ1) is 21.5. The summed E-state index contributed by atoms with van der Waals surface area (Å²) in [6, 6.07) is 5.56. The maximum atomic E-state index is 13.2. The molecule has 9 heteroatoms. The van der Waals surface area contributed by atoms with Crippen molar-refractivity contribution in [2.24, 2.45) is 17.6 Å². The van der Waals surface area contributed by atoms with Crippen LogP contribution in [0.15, 0.2) is 36.4 Å². The second-order valence-corrected chi connectivity index (χ2v) is 8.34. The van der Waals surface area contributed by atoms with Gasteiger partial charge in [0.05, 0.1) is 18.1 Å². The van der Waals surface area contributed by atoms with Gasteiger partial charge >= 0.3 is 11.9 Å². The van der Waals surface area contributed by atoms with Crippen molar-refractivity contribution in [1.82, 2.24) is 9.80 Å². The van der Waals surface area contributed by atoms with E-state index in [4.69, 9.17) is 20.3 Å². The van der Waals surface area contributed by atoms with E-state index in [2.05, 4.69) is 4.90 Å². The van der Waals surface area contributed by atoms with E-state index >= 15 is 0 Å². The Morgan fingerprint density at radius 2 is 1.71 bits per heavy atom. The molecule has 166 valence electrons. The molecule has 4 rings (SSSR count). The van der Waals surface area contributed by atoms with Crippen molar-refractivity contribution in [1.29, 1.82) is 0 Å². The molecule has 3 unspecified atom stereocenters. The number of nitrogens with two attached hydrogens (primary N) is 1. The molecule has 3 N–H and O–H groups in total. The molecule has 1 amide bonds. The number of hydrogen-bond donors (Lipinski definition) is 2. The summed E-state index contributed by atoms with van der Waals surface area (Å²) in [7, 11) is 2.02. The summed E-state index contributed by atoms with van der Waals surface area (Å²) in [5, 5.41) is 8.92. The number of piperazine rings is 1. The van der Waals surface area contributed by atoms with Crippen LogP contribution in [0.25, 0.3) is 0 Å². The molecule has 5 atom stereocenters. The van der Waals surface area contributed by atoms with Crippen LogP contribution in [0.2, 0.25) is 0 Å². The number of amides is 1. The van der Waals surface area contributed by atoms with Crippen LogP contribution in [0.1, 0.15) is 5.56 Å². The lowest BCUT2D eigenvalue weighted by Gasteiger charge is -2.35. The second-order valence-electron chi connectivity index (χ2n) is 8.34. The largest absolute Gasteiger partial charge is 0.480 e. The Bertz CT molecular complexity index is 878. The van der Waals surface area contributed by atoms with Crippen LogP contribution in [0, 0.1) is 11.8 Å². The van der Waals surface area contributed by atoms with Gasteiger partial charge in [0.25, 0.3) is 0 Å². The minimum absolute atomic E-state index is 0.0649. The molecular weight excluding hydrogens is 402 g/mol. The van der Waals surface area contributed by atoms with E-state index in [9.17, 15) is 14.4 Å². The topological polar surface area (TPSA) is 122 Å². The Hall–Kier alpha value is -2.75. The predicted molar refractivity (Wildman–Crippen MR) is 110 cm³/mol. The number of carbonyl (C=O) groups is 3. The highest BCUT2D eigenvalue weighted by molar-refractivity contribution is 5.89. The monoisotopic (exact) mass is 429 g/mol. The zero-order valence-electron chi connectivity index (χ0n) is 17.3. The number of ether oxygens (including phenoxy) is 2. The van der Waals surface area contributed by atoms with Crippen molar-refractivity contribution in [2.45, 2.75) is 24.7 Å². The lowest BCUT2D eigenvalue weighted by molar-refractivity contribution is -0.148. The fourth-order valence-electron chi connectivity index (χ4n) is 4.34. The van der Waals surface area contributed by atoms with Gasteiger partial charge < -0.3 is 30.1 Å².